The summed E-state index contributed by atoms with van der Waals surface area (Å²) in [6, 6.07) is 2.69. The largest absolute Gasteiger partial charge is 0.504 e. The number of phenols is 1. The lowest BCUT2D eigenvalue weighted by molar-refractivity contribution is 0.0429. The van der Waals surface area contributed by atoms with Gasteiger partial charge in [-0.3, -0.25) is 0 Å². The third-order valence-electron chi connectivity index (χ3n) is 3.36. The van der Waals surface area contributed by atoms with Gasteiger partial charge in [0.2, 0.25) is 5.75 Å². The van der Waals surface area contributed by atoms with Crippen LogP contribution in [0.4, 0.5) is 0 Å². The lowest BCUT2D eigenvalue weighted by atomic mass is 10.00. The van der Waals surface area contributed by atoms with Gasteiger partial charge in [-0.2, -0.15) is 4.91 Å². The molecule has 1 heterocycles. The molecule has 2 rings (SSSR count). The molecule has 110 valence electrons. The second-order valence-electron chi connectivity index (χ2n) is 4.83. The molecule has 0 saturated heterocycles. The van der Waals surface area contributed by atoms with E-state index in [0.717, 1.165) is 12.8 Å². The molecule has 2 atom stereocenters. The lowest BCUT2D eigenvalue weighted by Crippen LogP contribution is -2.32. The van der Waals surface area contributed by atoms with Crippen molar-refractivity contribution in [1.29, 1.82) is 0 Å². The Morgan fingerprint density at radius 1 is 1.50 bits per heavy atom. The molecule has 0 radical (unpaired) electrons. The third kappa shape index (κ3) is 2.85. The molecule has 1 aliphatic heterocycles. The van der Waals surface area contributed by atoms with Gasteiger partial charge in [0.25, 0.3) is 0 Å². The second kappa shape index (κ2) is 6.56. The van der Waals surface area contributed by atoms with Crippen molar-refractivity contribution in [3.05, 3.63) is 22.6 Å². The van der Waals surface area contributed by atoms with Gasteiger partial charge < -0.3 is 19.7 Å². The normalized spacial score (nSPS) is 18.6. The smallest absolute Gasteiger partial charge is 0.204 e. The molecule has 0 fully saturated rings. The molecule has 6 heteroatoms. The number of phenolic OH excluding ortho intramolecular Hbond substituents is 1. The summed E-state index contributed by atoms with van der Waals surface area (Å²) >= 11 is 0. The first-order valence-electron chi connectivity index (χ1n) is 6.79. The molecule has 20 heavy (non-hydrogen) atoms. The molecule has 6 nitrogen and oxygen atoms in total. The fourth-order valence-electron chi connectivity index (χ4n) is 2.20. The van der Waals surface area contributed by atoms with Crippen LogP contribution in [-0.2, 0) is 0 Å². The summed E-state index contributed by atoms with van der Waals surface area (Å²) in [4.78, 5) is 11.0. The number of aliphatic hydroxyl groups is 1. The highest BCUT2D eigenvalue weighted by Gasteiger charge is 2.27. The quantitative estimate of drug-likeness (QED) is 0.782. The Hall–Kier alpha value is -1.82. The van der Waals surface area contributed by atoms with E-state index in [0.29, 0.717) is 17.7 Å². The van der Waals surface area contributed by atoms with Crippen molar-refractivity contribution < 1.29 is 19.7 Å². The number of hydrogen-bond acceptors (Lipinski definition) is 6. The maximum atomic E-state index is 11.0. The van der Waals surface area contributed by atoms with E-state index in [-0.39, 0.29) is 24.7 Å². The monoisotopic (exact) mass is 281 g/mol. The summed E-state index contributed by atoms with van der Waals surface area (Å²) in [5, 5.41) is 22.4. The maximum absolute atomic E-state index is 11.0. The van der Waals surface area contributed by atoms with Crippen molar-refractivity contribution in [3.63, 3.8) is 0 Å². The zero-order valence-corrected chi connectivity index (χ0v) is 11.4. The molecule has 0 bridgehead atoms. The minimum Gasteiger partial charge on any atom is -0.504 e. The molecule has 0 saturated carbocycles. The van der Waals surface area contributed by atoms with Crippen LogP contribution >= 0.6 is 0 Å². The van der Waals surface area contributed by atoms with Gasteiger partial charge in [0, 0.05) is 5.56 Å². The van der Waals surface area contributed by atoms with Gasteiger partial charge in [-0.1, -0.05) is 24.9 Å². The second-order valence-corrected chi connectivity index (χ2v) is 4.83. The molecule has 1 aliphatic rings. The van der Waals surface area contributed by atoms with Crippen molar-refractivity contribution in [1.82, 2.24) is 0 Å². The molecular formula is C14H19NO5. The molecule has 2 N–H and O–H groups in total. The van der Waals surface area contributed by atoms with Crippen molar-refractivity contribution in [2.75, 3.05) is 13.2 Å². The SMILES string of the molecule is CCCCC(N=O)c1ccc2c(c1O)OC(CO)CO2. The molecule has 0 amide bonds. The highest BCUT2D eigenvalue weighted by Crippen LogP contribution is 2.45. The number of unbranched alkanes of at least 4 members (excludes halogenated alkanes) is 1. The number of benzene rings is 1. The first-order chi connectivity index (χ1) is 9.71. The average molecular weight is 281 g/mol. The van der Waals surface area contributed by atoms with E-state index in [9.17, 15) is 10.0 Å². The standard InChI is InChI=1S/C14H19NO5/c1-2-3-4-11(15-18)10-5-6-12-14(13(10)17)20-9(7-16)8-19-12/h5-6,9,11,16-17H,2-4,7-8H2,1H3. The molecular weight excluding hydrogens is 262 g/mol. The summed E-state index contributed by atoms with van der Waals surface area (Å²) in [6.07, 6.45) is 1.87. The Bertz CT molecular complexity index is 477. The predicted molar refractivity (Wildman–Crippen MR) is 73.2 cm³/mol. The number of fused-ring (bicyclic) bond motifs is 1. The Morgan fingerprint density at radius 3 is 2.95 bits per heavy atom. The molecule has 1 aromatic carbocycles. The number of aliphatic hydroxyl groups excluding tert-OH is 1. The van der Waals surface area contributed by atoms with E-state index in [1.807, 2.05) is 6.92 Å². The van der Waals surface area contributed by atoms with Crippen LogP contribution in [0.25, 0.3) is 0 Å². The van der Waals surface area contributed by atoms with E-state index in [1.165, 1.54) is 0 Å². The number of nitroso groups, excluding NO2 is 1. The van der Waals surface area contributed by atoms with Crippen LogP contribution in [0.15, 0.2) is 17.3 Å². The van der Waals surface area contributed by atoms with Crippen LogP contribution in [0.2, 0.25) is 0 Å². The van der Waals surface area contributed by atoms with Crippen LogP contribution in [0.5, 0.6) is 17.2 Å². The van der Waals surface area contributed by atoms with Gasteiger partial charge in [-0.05, 0) is 18.6 Å². The average Bonchev–Trinajstić information content (AvgIpc) is 2.49. The predicted octanol–water partition coefficient (Wildman–Crippen LogP) is 2.52. The van der Waals surface area contributed by atoms with Gasteiger partial charge in [0.15, 0.2) is 17.6 Å². The Balaban J connectivity index is 2.29. The molecule has 1 aromatic rings. The fraction of sp³-hybridized carbons (Fsp3) is 0.571. The number of nitrogens with zero attached hydrogens (tertiary/aromatic N) is 1. The summed E-state index contributed by atoms with van der Waals surface area (Å²) < 4.78 is 10.9. The zero-order chi connectivity index (χ0) is 14.5. The lowest BCUT2D eigenvalue weighted by Gasteiger charge is -2.27. The maximum Gasteiger partial charge on any atom is 0.204 e. The van der Waals surface area contributed by atoms with E-state index in [1.54, 1.807) is 12.1 Å². The van der Waals surface area contributed by atoms with Gasteiger partial charge in [0.05, 0.1) is 6.61 Å². The Labute approximate surface area is 117 Å². The first kappa shape index (κ1) is 14.6. The van der Waals surface area contributed by atoms with Gasteiger partial charge in [0.1, 0.15) is 12.6 Å². The van der Waals surface area contributed by atoms with E-state index >= 15 is 0 Å². The number of ether oxygens (including phenoxy) is 2. The molecule has 0 aromatic heterocycles. The van der Waals surface area contributed by atoms with E-state index in [4.69, 9.17) is 14.6 Å². The highest BCUT2D eigenvalue weighted by atomic mass is 16.6. The van der Waals surface area contributed by atoms with Crippen LogP contribution in [-0.4, -0.2) is 29.5 Å². The van der Waals surface area contributed by atoms with Gasteiger partial charge >= 0.3 is 0 Å². The van der Waals surface area contributed by atoms with Gasteiger partial charge in [-0.15, -0.1) is 0 Å². The molecule has 0 spiro atoms. The van der Waals surface area contributed by atoms with Crippen LogP contribution in [0, 0.1) is 4.91 Å². The summed E-state index contributed by atoms with van der Waals surface area (Å²) in [5.74, 6) is 0.468. The van der Waals surface area contributed by atoms with Crippen molar-refractivity contribution in [2.45, 2.75) is 38.3 Å². The highest BCUT2D eigenvalue weighted by molar-refractivity contribution is 5.56. The number of hydrogen-bond donors (Lipinski definition) is 2. The van der Waals surface area contributed by atoms with Crippen molar-refractivity contribution in [2.24, 2.45) is 5.18 Å². The number of aromatic hydroxyl groups is 1. The fourth-order valence-corrected chi connectivity index (χ4v) is 2.20. The summed E-state index contributed by atoms with van der Waals surface area (Å²) in [5.41, 5.74) is 0.439. The Morgan fingerprint density at radius 2 is 2.30 bits per heavy atom. The number of rotatable bonds is 6. The molecule has 0 aliphatic carbocycles. The van der Waals surface area contributed by atoms with Crippen molar-refractivity contribution >= 4 is 0 Å². The Kier molecular flexibility index (Phi) is 4.79. The topological polar surface area (TPSA) is 88.4 Å². The van der Waals surface area contributed by atoms with E-state index in [2.05, 4.69) is 5.18 Å². The van der Waals surface area contributed by atoms with Crippen LogP contribution < -0.4 is 9.47 Å². The third-order valence-corrected chi connectivity index (χ3v) is 3.36. The van der Waals surface area contributed by atoms with E-state index < -0.39 is 12.1 Å². The summed E-state index contributed by atoms with van der Waals surface area (Å²) in [6.45, 7) is 2.05. The summed E-state index contributed by atoms with van der Waals surface area (Å²) in [7, 11) is 0. The van der Waals surface area contributed by atoms with Gasteiger partial charge in [-0.25, -0.2) is 0 Å². The van der Waals surface area contributed by atoms with Crippen molar-refractivity contribution in [3.8, 4) is 17.2 Å². The van der Waals surface area contributed by atoms with Crippen LogP contribution in [0.1, 0.15) is 37.8 Å². The zero-order valence-electron chi connectivity index (χ0n) is 11.4. The minimum absolute atomic E-state index is 0.124. The van der Waals surface area contributed by atoms with Crippen LogP contribution in [0.3, 0.4) is 0 Å². The minimum atomic E-state index is -0.599. The molecule has 2 unspecified atom stereocenters. The first-order valence-corrected chi connectivity index (χ1v) is 6.79.